The highest BCUT2D eigenvalue weighted by Gasteiger charge is 2.31. The largest absolute Gasteiger partial charge is 0.573 e. The van der Waals surface area contributed by atoms with E-state index in [9.17, 15) is 18.0 Å². The van der Waals surface area contributed by atoms with Gasteiger partial charge in [0.2, 0.25) is 0 Å². The lowest BCUT2D eigenvalue weighted by Gasteiger charge is -2.20. The molecule has 10 heteroatoms. The Kier molecular flexibility index (Phi) is 5.83. The molecule has 0 aliphatic rings. The predicted molar refractivity (Wildman–Crippen MR) is 105 cm³/mol. The summed E-state index contributed by atoms with van der Waals surface area (Å²) in [5.74, 6) is -0.814. The van der Waals surface area contributed by atoms with Crippen LogP contribution < -0.4 is 10.2 Å². The molecule has 152 valence electrons. The van der Waals surface area contributed by atoms with Crippen molar-refractivity contribution in [2.24, 2.45) is 7.05 Å². The van der Waals surface area contributed by atoms with E-state index in [0.717, 1.165) is 27.9 Å². The first-order valence-electron chi connectivity index (χ1n) is 8.32. The van der Waals surface area contributed by atoms with Crippen LogP contribution in [0.2, 0.25) is 0 Å². The van der Waals surface area contributed by atoms with Crippen LogP contribution in [0.15, 0.2) is 59.2 Å². The predicted octanol–water partition coefficient (Wildman–Crippen LogP) is 4.85. The zero-order valence-corrected chi connectivity index (χ0v) is 17.0. The number of hydrogen-bond donors (Lipinski definition) is 1. The van der Waals surface area contributed by atoms with Crippen molar-refractivity contribution in [2.45, 2.75) is 6.36 Å². The van der Waals surface area contributed by atoms with Crippen LogP contribution in [0.3, 0.4) is 0 Å². The van der Waals surface area contributed by atoms with Gasteiger partial charge in [0.25, 0.3) is 5.91 Å². The van der Waals surface area contributed by atoms with Crippen LogP contribution in [0.4, 0.5) is 18.9 Å². The summed E-state index contributed by atoms with van der Waals surface area (Å²) in [5, 5.41) is 5.63. The topological polar surface area (TPSA) is 59.4 Å². The van der Waals surface area contributed by atoms with Crippen LogP contribution in [0, 0.1) is 0 Å². The first-order valence-corrected chi connectivity index (χ1v) is 9.12. The molecule has 29 heavy (non-hydrogen) atoms. The maximum Gasteiger partial charge on any atom is 0.573 e. The molecule has 3 aromatic rings. The van der Waals surface area contributed by atoms with Crippen molar-refractivity contribution in [2.75, 3.05) is 12.5 Å². The number of halogens is 4. The molecule has 2 aromatic carbocycles. The van der Waals surface area contributed by atoms with Crippen LogP contribution >= 0.6 is 15.9 Å². The van der Waals surface area contributed by atoms with Crippen molar-refractivity contribution < 1.29 is 22.7 Å². The molecular weight excluding hydrogens is 453 g/mol. The molecule has 0 radical (unpaired) electrons. The zero-order chi connectivity index (χ0) is 21.2. The van der Waals surface area contributed by atoms with Gasteiger partial charge in [-0.3, -0.25) is 19.9 Å². The summed E-state index contributed by atoms with van der Waals surface area (Å²) in [6.45, 7) is 0. The third-order valence-electron chi connectivity index (χ3n) is 3.86. The number of benzene rings is 2. The number of nitrogens with one attached hydrogen (secondary N) is 1. The van der Waals surface area contributed by atoms with Gasteiger partial charge in [-0.2, -0.15) is 5.10 Å². The van der Waals surface area contributed by atoms with Crippen molar-refractivity contribution in [3.05, 3.63) is 64.8 Å². The highest BCUT2D eigenvalue weighted by Crippen LogP contribution is 2.28. The van der Waals surface area contributed by atoms with E-state index in [1.54, 1.807) is 10.7 Å². The van der Waals surface area contributed by atoms with Gasteiger partial charge in [-0.15, -0.1) is 13.2 Å². The molecular formula is C19H16BrF3N4O2. The number of alkyl halides is 3. The second-order valence-corrected chi connectivity index (χ2v) is 6.98. The van der Waals surface area contributed by atoms with Gasteiger partial charge < -0.3 is 4.74 Å². The van der Waals surface area contributed by atoms with Crippen LogP contribution in [-0.4, -0.2) is 34.1 Å². The fraction of sp³-hybridized carbons (Fsp3) is 0.158. The summed E-state index contributed by atoms with van der Waals surface area (Å²) in [4.78, 5) is 12.5. The molecule has 0 aliphatic carbocycles. The monoisotopic (exact) mass is 468 g/mol. The maximum atomic E-state index is 12.5. The Morgan fingerprint density at radius 2 is 1.90 bits per heavy atom. The number of nitrogens with zero attached hydrogens (tertiary/aromatic N) is 3. The Morgan fingerprint density at radius 3 is 2.48 bits per heavy atom. The molecule has 3 rings (SSSR count). The molecule has 6 nitrogen and oxygen atoms in total. The summed E-state index contributed by atoms with van der Waals surface area (Å²) in [7, 11) is 3.33. The lowest BCUT2D eigenvalue weighted by atomic mass is 10.1. The highest BCUT2D eigenvalue weighted by molar-refractivity contribution is 9.10. The maximum absolute atomic E-state index is 12.5. The molecule has 0 spiro atoms. The van der Waals surface area contributed by atoms with Gasteiger partial charge in [-0.25, -0.2) is 0 Å². The number of carbonyl (C=O) groups is 1. The molecule has 0 aliphatic heterocycles. The van der Waals surface area contributed by atoms with Crippen LogP contribution in [0.25, 0.3) is 11.3 Å². The number of rotatable bonds is 5. The van der Waals surface area contributed by atoms with E-state index in [1.807, 2.05) is 31.4 Å². The standard InChI is InChI=1S/C19H16BrF3N4O2/c1-26-11-16(20)17(25-26)13-4-3-5-14(10-13)24-27(2)18(28)12-6-8-15(9-7-12)29-19(21,22)23/h3-11,24H,1-2H3. The SMILES string of the molecule is CN(Nc1cccc(-c2nn(C)cc2Br)c1)C(=O)c1ccc(OC(F)(F)F)cc1. The summed E-state index contributed by atoms with van der Waals surface area (Å²) in [5.41, 5.74) is 5.40. The van der Waals surface area contributed by atoms with E-state index in [0.29, 0.717) is 5.69 Å². The minimum absolute atomic E-state index is 0.207. The van der Waals surface area contributed by atoms with E-state index < -0.39 is 18.0 Å². The fourth-order valence-electron chi connectivity index (χ4n) is 2.63. The van der Waals surface area contributed by atoms with E-state index in [4.69, 9.17) is 0 Å². The van der Waals surface area contributed by atoms with Gasteiger partial charge in [0, 0.05) is 31.4 Å². The number of carbonyl (C=O) groups excluding carboxylic acids is 1. The smallest absolute Gasteiger partial charge is 0.406 e. The van der Waals surface area contributed by atoms with Crippen molar-refractivity contribution >= 4 is 27.5 Å². The molecule has 1 heterocycles. The third-order valence-corrected chi connectivity index (χ3v) is 4.44. The van der Waals surface area contributed by atoms with Gasteiger partial charge in [0.15, 0.2) is 0 Å². The van der Waals surface area contributed by atoms with Crippen molar-refractivity contribution in [1.29, 1.82) is 0 Å². The van der Waals surface area contributed by atoms with Gasteiger partial charge in [0.1, 0.15) is 11.4 Å². The average Bonchev–Trinajstić information content (AvgIpc) is 2.99. The Morgan fingerprint density at radius 1 is 1.21 bits per heavy atom. The molecule has 1 aromatic heterocycles. The van der Waals surface area contributed by atoms with E-state index in [2.05, 4.69) is 31.2 Å². The lowest BCUT2D eigenvalue weighted by Crippen LogP contribution is -2.32. The van der Waals surface area contributed by atoms with Crippen LogP contribution in [-0.2, 0) is 7.05 Å². The first kappa shape index (κ1) is 20.7. The second-order valence-electron chi connectivity index (χ2n) is 6.13. The van der Waals surface area contributed by atoms with Crippen molar-refractivity contribution in [3.63, 3.8) is 0 Å². The highest BCUT2D eigenvalue weighted by atomic mass is 79.9. The summed E-state index contributed by atoms with van der Waals surface area (Å²) in [6, 6.07) is 12.0. The van der Waals surface area contributed by atoms with Gasteiger partial charge in [-0.1, -0.05) is 12.1 Å². The molecule has 1 amide bonds. The first-order chi connectivity index (χ1) is 13.6. The molecule has 0 unspecified atom stereocenters. The van der Waals surface area contributed by atoms with Gasteiger partial charge >= 0.3 is 6.36 Å². The Bertz CT molecular complexity index is 1020. The molecule has 0 atom stereocenters. The normalized spacial score (nSPS) is 11.2. The molecule has 0 saturated heterocycles. The molecule has 1 N–H and O–H groups in total. The quantitative estimate of drug-likeness (QED) is 0.543. The number of amides is 1. The second kappa shape index (κ2) is 8.16. The Balaban J connectivity index is 1.71. The third kappa shape index (κ3) is 5.29. The van der Waals surface area contributed by atoms with E-state index in [1.165, 1.54) is 24.2 Å². The van der Waals surface area contributed by atoms with E-state index in [-0.39, 0.29) is 5.56 Å². The van der Waals surface area contributed by atoms with Crippen molar-refractivity contribution in [3.8, 4) is 17.0 Å². The number of ether oxygens (including phenoxy) is 1. The van der Waals surface area contributed by atoms with Crippen LogP contribution in [0.5, 0.6) is 5.75 Å². The number of hydrazine groups is 1. The average molecular weight is 469 g/mol. The number of aryl methyl sites for hydroxylation is 1. The minimum Gasteiger partial charge on any atom is -0.406 e. The Labute approximate surface area is 173 Å². The van der Waals surface area contributed by atoms with Crippen LogP contribution in [0.1, 0.15) is 10.4 Å². The minimum atomic E-state index is -4.78. The summed E-state index contributed by atoms with van der Waals surface area (Å²) >= 11 is 3.46. The number of hydrogen-bond acceptors (Lipinski definition) is 4. The van der Waals surface area contributed by atoms with Gasteiger partial charge in [-0.05, 0) is 52.3 Å². The van der Waals surface area contributed by atoms with Gasteiger partial charge in [0.05, 0.1) is 10.2 Å². The fourth-order valence-corrected chi connectivity index (χ4v) is 3.23. The van der Waals surface area contributed by atoms with E-state index >= 15 is 0 Å². The number of aromatic nitrogens is 2. The Hall–Kier alpha value is -3.01. The summed E-state index contributed by atoms with van der Waals surface area (Å²) < 4.78 is 43.0. The molecule has 0 fully saturated rings. The zero-order valence-electron chi connectivity index (χ0n) is 15.4. The molecule has 0 bridgehead atoms. The lowest BCUT2D eigenvalue weighted by molar-refractivity contribution is -0.274. The number of anilines is 1. The van der Waals surface area contributed by atoms with Crippen molar-refractivity contribution in [1.82, 2.24) is 14.8 Å². The summed E-state index contributed by atoms with van der Waals surface area (Å²) in [6.07, 6.45) is -2.95. The molecule has 0 saturated carbocycles.